The highest BCUT2D eigenvalue weighted by atomic mass is 16.2. The number of amides is 2. The number of nitrogens with zero attached hydrogens (tertiary/aromatic N) is 1. The summed E-state index contributed by atoms with van der Waals surface area (Å²) in [5.74, 6) is -0.140. The molecule has 90 valence electrons. The van der Waals surface area contributed by atoms with Crippen molar-refractivity contribution in [2.24, 2.45) is 0 Å². The third-order valence-electron chi connectivity index (χ3n) is 2.95. The van der Waals surface area contributed by atoms with Crippen LogP contribution in [0.4, 0.5) is 0 Å². The van der Waals surface area contributed by atoms with Crippen molar-refractivity contribution in [1.29, 1.82) is 0 Å². The molecule has 1 fully saturated rings. The molecule has 1 N–H and O–H groups in total. The Hall–Kier alpha value is -1.16. The van der Waals surface area contributed by atoms with Gasteiger partial charge in [0.2, 0.25) is 11.8 Å². The third-order valence-corrected chi connectivity index (χ3v) is 2.95. The molecular weight excluding hydrogens is 204 g/mol. The standard InChI is InChI=1S/C12H20N2O2/c1-4-6-7-13-10-8-11(15)14(12(10)16)9(3)5-2/h4,9-10,13H,1,5-8H2,2-3H3. The van der Waals surface area contributed by atoms with E-state index in [9.17, 15) is 9.59 Å². The van der Waals surface area contributed by atoms with E-state index in [2.05, 4.69) is 11.9 Å². The Bertz CT molecular complexity index is 289. The fourth-order valence-electron chi connectivity index (χ4n) is 1.82. The second kappa shape index (κ2) is 5.80. The first kappa shape index (κ1) is 12.9. The van der Waals surface area contributed by atoms with Crippen molar-refractivity contribution >= 4 is 11.8 Å². The summed E-state index contributed by atoms with van der Waals surface area (Å²) < 4.78 is 0. The highest BCUT2D eigenvalue weighted by Gasteiger charge is 2.39. The van der Waals surface area contributed by atoms with Gasteiger partial charge in [-0.05, 0) is 26.3 Å². The number of likely N-dealkylation sites (tertiary alicyclic amines) is 1. The highest BCUT2D eigenvalue weighted by molar-refractivity contribution is 6.05. The Balaban J connectivity index is 2.56. The molecular formula is C12H20N2O2. The van der Waals surface area contributed by atoms with Gasteiger partial charge in [-0.15, -0.1) is 6.58 Å². The van der Waals surface area contributed by atoms with Crippen molar-refractivity contribution in [3.8, 4) is 0 Å². The summed E-state index contributed by atoms with van der Waals surface area (Å²) in [5, 5.41) is 3.09. The van der Waals surface area contributed by atoms with Crippen molar-refractivity contribution in [2.75, 3.05) is 6.54 Å². The first-order chi connectivity index (χ1) is 7.61. The zero-order valence-corrected chi connectivity index (χ0v) is 10.0. The lowest BCUT2D eigenvalue weighted by Crippen LogP contribution is -2.42. The molecule has 0 aromatic heterocycles. The number of nitrogens with one attached hydrogen (secondary N) is 1. The molecule has 16 heavy (non-hydrogen) atoms. The summed E-state index contributed by atoms with van der Waals surface area (Å²) in [7, 11) is 0. The van der Waals surface area contributed by atoms with E-state index in [-0.39, 0.29) is 23.9 Å². The lowest BCUT2D eigenvalue weighted by Gasteiger charge is -2.21. The smallest absolute Gasteiger partial charge is 0.247 e. The molecule has 1 aliphatic heterocycles. The molecule has 0 spiro atoms. The molecule has 4 heteroatoms. The lowest BCUT2D eigenvalue weighted by molar-refractivity contribution is -0.141. The van der Waals surface area contributed by atoms with Crippen LogP contribution in [0.15, 0.2) is 12.7 Å². The van der Waals surface area contributed by atoms with Crippen molar-refractivity contribution in [3.63, 3.8) is 0 Å². The molecule has 0 aliphatic carbocycles. The van der Waals surface area contributed by atoms with E-state index in [1.54, 1.807) is 6.08 Å². The van der Waals surface area contributed by atoms with Gasteiger partial charge in [0, 0.05) is 6.04 Å². The lowest BCUT2D eigenvalue weighted by atomic mass is 10.2. The first-order valence-electron chi connectivity index (χ1n) is 5.82. The molecule has 1 heterocycles. The average molecular weight is 224 g/mol. The molecule has 0 radical (unpaired) electrons. The maximum atomic E-state index is 11.9. The van der Waals surface area contributed by atoms with Crippen molar-refractivity contribution in [2.45, 2.75) is 45.2 Å². The SMILES string of the molecule is C=CCCNC1CC(=O)N(C(C)CC)C1=O. The second-order valence-electron chi connectivity index (χ2n) is 4.15. The highest BCUT2D eigenvalue weighted by Crippen LogP contribution is 2.17. The van der Waals surface area contributed by atoms with Crippen LogP contribution in [0.5, 0.6) is 0 Å². The van der Waals surface area contributed by atoms with Crippen LogP contribution in [0, 0.1) is 0 Å². The van der Waals surface area contributed by atoms with Crippen LogP contribution in [0.2, 0.25) is 0 Å². The van der Waals surface area contributed by atoms with E-state index in [1.807, 2.05) is 13.8 Å². The zero-order valence-electron chi connectivity index (χ0n) is 10.0. The Morgan fingerprint density at radius 1 is 1.62 bits per heavy atom. The van der Waals surface area contributed by atoms with E-state index in [0.29, 0.717) is 13.0 Å². The van der Waals surface area contributed by atoms with Crippen molar-refractivity contribution in [3.05, 3.63) is 12.7 Å². The molecule has 0 bridgehead atoms. The van der Waals surface area contributed by atoms with Crippen LogP contribution in [-0.4, -0.2) is 35.3 Å². The van der Waals surface area contributed by atoms with Crippen molar-refractivity contribution < 1.29 is 9.59 Å². The number of imide groups is 1. The predicted molar refractivity (Wildman–Crippen MR) is 62.8 cm³/mol. The number of hydrogen-bond donors (Lipinski definition) is 1. The van der Waals surface area contributed by atoms with Gasteiger partial charge in [0.15, 0.2) is 0 Å². The number of rotatable bonds is 6. The minimum atomic E-state index is -0.332. The van der Waals surface area contributed by atoms with Crippen molar-refractivity contribution in [1.82, 2.24) is 10.2 Å². The maximum absolute atomic E-state index is 11.9. The molecule has 2 atom stereocenters. The van der Waals surface area contributed by atoms with E-state index in [0.717, 1.165) is 12.8 Å². The molecule has 1 rings (SSSR count). The third kappa shape index (κ3) is 2.70. The molecule has 4 nitrogen and oxygen atoms in total. The van der Waals surface area contributed by atoms with Crippen LogP contribution in [-0.2, 0) is 9.59 Å². The molecule has 0 aromatic carbocycles. The van der Waals surface area contributed by atoms with Gasteiger partial charge in [-0.1, -0.05) is 13.0 Å². The van der Waals surface area contributed by atoms with Gasteiger partial charge < -0.3 is 5.32 Å². The minimum absolute atomic E-state index is 0.00574. The minimum Gasteiger partial charge on any atom is -0.305 e. The van der Waals surface area contributed by atoms with Gasteiger partial charge in [-0.2, -0.15) is 0 Å². The van der Waals surface area contributed by atoms with E-state index in [4.69, 9.17) is 0 Å². The van der Waals surface area contributed by atoms with Crippen LogP contribution < -0.4 is 5.32 Å². The molecule has 2 unspecified atom stereocenters. The molecule has 1 aliphatic rings. The normalized spacial score (nSPS) is 22.6. The summed E-state index contributed by atoms with van der Waals surface area (Å²) in [5.41, 5.74) is 0. The van der Waals surface area contributed by atoms with Gasteiger partial charge >= 0.3 is 0 Å². The summed E-state index contributed by atoms with van der Waals surface area (Å²) >= 11 is 0. The molecule has 0 aromatic rings. The first-order valence-corrected chi connectivity index (χ1v) is 5.82. The monoisotopic (exact) mass is 224 g/mol. The van der Waals surface area contributed by atoms with Crippen LogP contribution in [0.3, 0.4) is 0 Å². The van der Waals surface area contributed by atoms with Crippen LogP contribution >= 0.6 is 0 Å². The summed E-state index contributed by atoms with van der Waals surface area (Å²) in [4.78, 5) is 25.0. The summed E-state index contributed by atoms with van der Waals surface area (Å²) in [6.07, 6.45) is 3.69. The van der Waals surface area contributed by atoms with Crippen LogP contribution in [0.25, 0.3) is 0 Å². The Labute approximate surface area is 96.7 Å². The van der Waals surface area contributed by atoms with E-state index in [1.165, 1.54) is 4.90 Å². The second-order valence-corrected chi connectivity index (χ2v) is 4.15. The number of carbonyl (C=O) groups excluding carboxylic acids is 2. The Morgan fingerprint density at radius 2 is 2.31 bits per heavy atom. The van der Waals surface area contributed by atoms with Crippen LogP contribution in [0.1, 0.15) is 33.1 Å². The predicted octanol–water partition coefficient (Wildman–Crippen LogP) is 1.08. The molecule has 0 saturated carbocycles. The largest absolute Gasteiger partial charge is 0.305 e. The summed E-state index contributed by atoms with van der Waals surface area (Å²) in [6, 6.07) is -0.326. The fourth-order valence-corrected chi connectivity index (χ4v) is 1.82. The molecule has 1 saturated heterocycles. The number of hydrogen-bond acceptors (Lipinski definition) is 3. The van der Waals surface area contributed by atoms with E-state index < -0.39 is 0 Å². The maximum Gasteiger partial charge on any atom is 0.247 e. The Morgan fingerprint density at radius 3 is 2.88 bits per heavy atom. The quantitative estimate of drug-likeness (QED) is 0.417. The van der Waals surface area contributed by atoms with Gasteiger partial charge in [-0.25, -0.2) is 0 Å². The topological polar surface area (TPSA) is 49.4 Å². The van der Waals surface area contributed by atoms with E-state index >= 15 is 0 Å². The van der Waals surface area contributed by atoms with Gasteiger partial charge in [0.05, 0.1) is 12.5 Å². The zero-order chi connectivity index (χ0) is 12.1. The number of carbonyl (C=O) groups is 2. The molecule has 2 amide bonds. The Kier molecular flexibility index (Phi) is 4.68. The van der Waals surface area contributed by atoms with Gasteiger partial charge in [-0.3, -0.25) is 14.5 Å². The average Bonchev–Trinajstić information content (AvgIpc) is 2.54. The van der Waals surface area contributed by atoms with Gasteiger partial charge in [0.1, 0.15) is 0 Å². The fraction of sp³-hybridized carbons (Fsp3) is 0.667. The van der Waals surface area contributed by atoms with Gasteiger partial charge in [0.25, 0.3) is 0 Å². The summed E-state index contributed by atoms with van der Waals surface area (Å²) in [6.45, 7) is 8.19.